The fourth-order valence-electron chi connectivity index (χ4n) is 2.47. The second kappa shape index (κ2) is 5.61. The van der Waals surface area contributed by atoms with Crippen LogP contribution in [0.1, 0.15) is 24.8 Å². The van der Waals surface area contributed by atoms with Gasteiger partial charge in [0.2, 0.25) is 0 Å². The highest BCUT2D eigenvalue weighted by atomic mass is 32.2. The van der Waals surface area contributed by atoms with E-state index in [1.165, 1.54) is 6.26 Å². The molecule has 19 heavy (non-hydrogen) atoms. The largest absolute Gasteiger partial charge is 0.325 e. The molecule has 0 amide bonds. The molecule has 1 aromatic carbocycles. The van der Waals surface area contributed by atoms with Gasteiger partial charge in [-0.25, -0.2) is 8.42 Å². The van der Waals surface area contributed by atoms with Crippen molar-refractivity contribution in [2.75, 3.05) is 19.3 Å². The first-order valence-corrected chi connectivity index (χ1v) is 8.57. The van der Waals surface area contributed by atoms with Crippen molar-refractivity contribution in [3.8, 4) is 0 Å². The first-order chi connectivity index (χ1) is 8.89. The van der Waals surface area contributed by atoms with Crippen LogP contribution in [0.2, 0.25) is 0 Å². The Bertz CT molecular complexity index is 517. The first-order valence-electron chi connectivity index (χ1n) is 6.68. The van der Waals surface area contributed by atoms with Crippen molar-refractivity contribution in [3.63, 3.8) is 0 Å². The molecule has 0 unspecified atom stereocenters. The summed E-state index contributed by atoms with van der Waals surface area (Å²) >= 11 is 0. The van der Waals surface area contributed by atoms with Crippen molar-refractivity contribution in [1.82, 2.24) is 5.32 Å². The molecule has 0 saturated carbocycles. The van der Waals surface area contributed by atoms with Gasteiger partial charge < -0.3 is 11.1 Å². The lowest BCUT2D eigenvalue weighted by Gasteiger charge is -2.34. The number of nitrogens with two attached hydrogens (primary N) is 1. The summed E-state index contributed by atoms with van der Waals surface area (Å²) in [7, 11) is -3.10. The number of aryl methyl sites for hydroxylation is 1. The van der Waals surface area contributed by atoms with Gasteiger partial charge >= 0.3 is 0 Å². The van der Waals surface area contributed by atoms with Crippen LogP contribution in [0.15, 0.2) is 29.2 Å². The molecule has 5 heteroatoms. The molecule has 1 saturated heterocycles. The van der Waals surface area contributed by atoms with Crippen molar-refractivity contribution in [2.24, 2.45) is 5.73 Å². The summed E-state index contributed by atoms with van der Waals surface area (Å²) in [6.45, 7) is 1.98. The van der Waals surface area contributed by atoms with Crippen molar-refractivity contribution in [2.45, 2.75) is 36.1 Å². The van der Waals surface area contributed by atoms with Gasteiger partial charge in [-0.1, -0.05) is 12.1 Å². The topological polar surface area (TPSA) is 72.2 Å². The van der Waals surface area contributed by atoms with Crippen LogP contribution in [0.4, 0.5) is 0 Å². The van der Waals surface area contributed by atoms with Crippen molar-refractivity contribution >= 4 is 9.84 Å². The number of hydrogen-bond donors (Lipinski definition) is 2. The van der Waals surface area contributed by atoms with Crippen LogP contribution < -0.4 is 11.1 Å². The zero-order valence-electron chi connectivity index (χ0n) is 11.4. The Hall–Kier alpha value is -0.910. The SMILES string of the molecule is CS(=O)(=O)c1ccc(CCC2(N)CCNCC2)cc1. The van der Waals surface area contributed by atoms with Crippen LogP contribution in [0.3, 0.4) is 0 Å². The summed E-state index contributed by atoms with van der Waals surface area (Å²) < 4.78 is 22.7. The molecule has 0 atom stereocenters. The standard InChI is InChI=1S/C14H22N2O2S/c1-19(17,18)13-4-2-12(3-5-13)6-7-14(15)8-10-16-11-9-14/h2-5,16H,6-11,15H2,1H3. The van der Waals surface area contributed by atoms with E-state index in [9.17, 15) is 8.42 Å². The third-order valence-electron chi connectivity index (χ3n) is 3.86. The molecule has 0 aromatic heterocycles. The summed E-state index contributed by atoms with van der Waals surface area (Å²) in [5.41, 5.74) is 7.45. The fraction of sp³-hybridized carbons (Fsp3) is 0.571. The van der Waals surface area contributed by atoms with E-state index in [-0.39, 0.29) is 5.54 Å². The van der Waals surface area contributed by atoms with E-state index in [0.717, 1.165) is 44.3 Å². The molecular weight excluding hydrogens is 260 g/mol. The maximum absolute atomic E-state index is 11.4. The number of hydrogen-bond acceptors (Lipinski definition) is 4. The minimum absolute atomic E-state index is 0.0687. The molecule has 0 radical (unpaired) electrons. The van der Waals surface area contributed by atoms with E-state index < -0.39 is 9.84 Å². The maximum atomic E-state index is 11.4. The van der Waals surface area contributed by atoms with Crippen molar-refractivity contribution in [3.05, 3.63) is 29.8 Å². The van der Waals surface area contributed by atoms with Gasteiger partial charge in [0.05, 0.1) is 4.90 Å². The van der Waals surface area contributed by atoms with Gasteiger partial charge in [-0.3, -0.25) is 0 Å². The molecule has 0 aliphatic carbocycles. The molecular formula is C14H22N2O2S. The molecule has 1 aromatic rings. The highest BCUT2D eigenvalue weighted by Crippen LogP contribution is 2.22. The van der Waals surface area contributed by atoms with Crippen molar-refractivity contribution in [1.29, 1.82) is 0 Å². The Morgan fingerprint density at radius 2 is 1.79 bits per heavy atom. The first kappa shape index (κ1) is 14.5. The van der Waals surface area contributed by atoms with Gasteiger partial charge in [-0.2, -0.15) is 0 Å². The Kier molecular flexibility index (Phi) is 4.28. The molecule has 0 bridgehead atoms. The van der Waals surface area contributed by atoms with E-state index in [0.29, 0.717) is 4.90 Å². The minimum Gasteiger partial charge on any atom is -0.325 e. The lowest BCUT2D eigenvalue weighted by atomic mass is 9.84. The summed E-state index contributed by atoms with van der Waals surface area (Å²) in [5, 5.41) is 3.32. The number of nitrogens with one attached hydrogen (secondary N) is 1. The normalized spacial score (nSPS) is 19.3. The van der Waals surface area contributed by atoms with Gasteiger partial charge in [0.15, 0.2) is 9.84 Å². The number of benzene rings is 1. The predicted octanol–water partition coefficient (Wildman–Crippen LogP) is 1.10. The number of sulfone groups is 1. The molecule has 1 aliphatic heterocycles. The van der Waals surface area contributed by atoms with Crippen molar-refractivity contribution < 1.29 is 8.42 Å². The fourth-order valence-corrected chi connectivity index (χ4v) is 3.10. The van der Waals surface area contributed by atoms with E-state index in [2.05, 4.69) is 5.32 Å². The predicted molar refractivity (Wildman–Crippen MR) is 76.9 cm³/mol. The zero-order chi connectivity index (χ0) is 13.9. The molecule has 1 fully saturated rings. The second-order valence-electron chi connectivity index (χ2n) is 5.53. The molecule has 106 valence electrons. The molecule has 1 aliphatic rings. The van der Waals surface area contributed by atoms with E-state index in [4.69, 9.17) is 5.73 Å². The van der Waals surface area contributed by atoms with Crippen LogP contribution in [-0.4, -0.2) is 33.3 Å². The van der Waals surface area contributed by atoms with Gasteiger partial charge in [-0.05, 0) is 56.5 Å². The average molecular weight is 282 g/mol. The molecule has 0 spiro atoms. The van der Waals surface area contributed by atoms with E-state index in [1.807, 2.05) is 12.1 Å². The van der Waals surface area contributed by atoms with Gasteiger partial charge in [0.1, 0.15) is 0 Å². The molecule has 3 N–H and O–H groups in total. The zero-order valence-corrected chi connectivity index (χ0v) is 12.2. The summed E-state index contributed by atoms with van der Waals surface area (Å²) in [6, 6.07) is 7.13. The Morgan fingerprint density at radius 1 is 1.21 bits per heavy atom. The summed E-state index contributed by atoms with van der Waals surface area (Å²) in [6.07, 6.45) is 5.10. The quantitative estimate of drug-likeness (QED) is 0.867. The lowest BCUT2D eigenvalue weighted by molar-refractivity contribution is 0.291. The third-order valence-corrected chi connectivity index (χ3v) is 4.99. The Labute approximate surface area is 115 Å². The minimum atomic E-state index is -3.10. The summed E-state index contributed by atoms with van der Waals surface area (Å²) in [4.78, 5) is 0.376. The summed E-state index contributed by atoms with van der Waals surface area (Å²) in [5.74, 6) is 0. The van der Waals surface area contributed by atoms with E-state index >= 15 is 0 Å². The smallest absolute Gasteiger partial charge is 0.175 e. The lowest BCUT2D eigenvalue weighted by Crippen LogP contribution is -2.49. The average Bonchev–Trinajstić information content (AvgIpc) is 2.37. The highest BCUT2D eigenvalue weighted by Gasteiger charge is 2.26. The highest BCUT2D eigenvalue weighted by molar-refractivity contribution is 7.90. The van der Waals surface area contributed by atoms with Crippen LogP contribution in [-0.2, 0) is 16.3 Å². The number of rotatable bonds is 4. The third kappa shape index (κ3) is 4.03. The number of piperidine rings is 1. The second-order valence-corrected chi connectivity index (χ2v) is 7.54. The molecule has 2 rings (SSSR count). The van der Waals surface area contributed by atoms with Crippen LogP contribution >= 0.6 is 0 Å². The Balaban J connectivity index is 1.96. The molecule has 4 nitrogen and oxygen atoms in total. The maximum Gasteiger partial charge on any atom is 0.175 e. The van der Waals surface area contributed by atoms with E-state index in [1.54, 1.807) is 12.1 Å². The molecule has 1 heterocycles. The van der Waals surface area contributed by atoms with Gasteiger partial charge in [0.25, 0.3) is 0 Å². The van der Waals surface area contributed by atoms with Gasteiger partial charge in [0, 0.05) is 11.8 Å². The van der Waals surface area contributed by atoms with Crippen LogP contribution in [0.25, 0.3) is 0 Å². The monoisotopic (exact) mass is 282 g/mol. The van der Waals surface area contributed by atoms with Gasteiger partial charge in [-0.15, -0.1) is 0 Å². The Morgan fingerprint density at radius 3 is 2.32 bits per heavy atom. The van der Waals surface area contributed by atoms with Crippen LogP contribution in [0.5, 0.6) is 0 Å². The van der Waals surface area contributed by atoms with Crippen LogP contribution in [0, 0.1) is 0 Å².